The molecule has 0 saturated carbocycles. The van der Waals surface area contributed by atoms with E-state index in [2.05, 4.69) is 10.2 Å². The fourth-order valence-electron chi connectivity index (χ4n) is 2.62. The highest BCUT2D eigenvalue weighted by molar-refractivity contribution is 7.89. The summed E-state index contributed by atoms with van der Waals surface area (Å²) >= 11 is 0. The van der Waals surface area contributed by atoms with Crippen molar-refractivity contribution in [1.82, 2.24) is 14.5 Å². The van der Waals surface area contributed by atoms with E-state index < -0.39 is 10.0 Å². The van der Waals surface area contributed by atoms with Gasteiger partial charge in [-0.3, -0.25) is 0 Å². The monoisotopic (exact) mass is 321 g/mol. The minimum absolute atomic E-state index is 0.208. The number of piperidine rings is 1. The Bertz CT molecular complexity index is 377. The van der Waals surface area contributed by atoms with E-state index >= 15 is 0 Å². The third kappa shape index (κ3) is 7.56. The molecule has 0 bridgehead atoms. The number of aliphatic hydroxyl groups is 1. The van der Waals surface area contributed by atoms with E-state index in [1.807, 2.05) is 6.92 Å². The maximum Gasteiger partial charge on any atom is 0.213 e. The standard InChI is InChI=1S/C14H31N3O3S/c1-13(18)12-17-8-5-14(6-9-17)11-15-7-4-10-21(19,20)16(2)3/h13-15,18H,4-12H2,1-3H3/t13-/m1/s1. The van der Waals surface area contributed by atoms with Crippen molar-refractivity contribution in [2.45, 2.75) is 32.3 Å². The Morgan fingerprint density at radius 1 is 1.33 bits per heavy atom. The van der Waals surface area contributed by atoms with Crippen molar-refractivity contribution in [2.24, 2.45) is 5.92 Å². The number of β-amino-alcohol motifs (C(OH)–C–C–N with tert-alkyl or cyclic N) is 1. The number of nitrogens with one attached hydrogen (secondary N) is 1. The minimum Gasteiger partial charge on any atom is -0.392 e. The Labute approximate surface area is 129 Å². The van der Waals surface area contributed by atoms with Crippen LogP contribution < -0.4 is 5.32 Å². The maximum atomic E-state index is 11.6. The number of aliphatic hydroxyl groups excluding tert-OH is 1. The third-order valence-electron chi connectivity index (χ3n) is 3.97. The Balaban J connectivity index is 2.07. The van der Waals surface area contributed by atoms with Gasteiger partial charge in [-0.25, -0.2) is 12.7 Å². The molecule has 2 N–H and O–H groups in total. The fourth-order valence-corrected chi connectivity index (χ4v) is 3.49. The average Bonchev–Trinajstić information content (AvgIpc) is 2.39. The van der Waals surface area contributed by atoms with Gasteiger partial charge in [0.2, 0.25) is 10.0 Å². The summed E-state index contributed by atoms with van der Waals surface area (Å²) in [6.45, 7) is 6.40. The van der Waals surface area contributed by atoms with Crippen LogP contribution in [0.5, 0.6) is 0 Å². The van der Waals surface area contributed by atoms with E-state index in [0.29, 0.717) is 12.3 Å². The number of hydrogen-bond donors (Lipinski definition) is 2. The van der Waals surface area contributed by atoms with Crippen LogP contribution >= 0.6 is 0 Å². The smallest absolute Gasteiger partial charge is 0.213 e. The highest BCUT2D eigenvalue weighted by Crippen LogP contribution is 2.16. The molecule has 1 heterocycles. The molecule has 1 aliphatic rings. The molecule has 0 aromatic rings. The van der Waals surface area contributed by atoms with Crippen molar-refractivity contribution in [1.29, 1.82) is 0 Å². The summed E-state index contributed by atoms with van der Waals surface area (Å²) in [5.41, 5.74) is 0. The number of sulfonamides is 1. The second kappa shape index (κ2) is 9.05. The molecule has 6 nitrogen and oxygen atoms in total. The van der Waals surface area contributed by atoms with Crippen LogP contribution in [0.4, 0.5) is 0 Å². The van der Waals surface area contributed by atoms with Crippen LogP contribution in [0.25, 0.3) is 0 Å². The summed E-state index contributed by atoms with van der Waals surface area (Å²) in [4.78, 5) is 2.31. The van der Waals surface area contributed by atoms with Crippen LogP contribution in [0.3, 0.4) is 0 Å². The summed E-state index contributed by atoms with van der Waals surface area (Å²) < 4.78 is 24.5. The van der Waals surface area contributed by atoms with E-state index in [1.54, 1.807) is 14.1 Å². The van der Waals surface area contributed by atoms with Crippen LogP contribution in [-0.4, -0.2) is 81.4 Å². The Hall–Kier alpha value is -0.210. The topological polar surface area (TPSA) is 72.9 Å². The predicted molar refractivity (Wildman–Crippen MR) is 85.8 cm³/mol. The molecule has 0 radical (unpaired) electrons. The van der Waals surface area contributed by atoms with Gasteiger partial charge in [0, 0.05) is 20.6 Å². The van der Waals surface area contributed by atoms with Crippen LogP contribution in [-0.2, 0) is 10.0 Å². The molecule has 7 heteroatoms. The number of hydrogen-bond acceptors (Lipinski definition) is 5. The van der Waals surface area contributed by atoms with Gasteiger partial charge in [-0.05, 0) is 58.3 Å². The molecule has 1 fully saturated rings. The van der Waals surface area contributed by atoms with Gasteiger partial charge >= 0.3 is 0 Å². The molecule has 0 spiro atoms. The zero-order chi connectivity index (χ0) is 15.9. The molecule has 126 valence electrons. The molecule has 1 rings (SSSR count). The van der Waals surface area contributed by atoms with E-state index in [0.717, 1.165) is 45.6 Å². The van der Waals surface area contributed by atoms with Crippen molar-refractivity contribution in [3.05, 3.63) is 0 Å². The number of rotatable bonds is 9. The van der Waals surface area contributed by atoms with Crippen LogP contribution in [0, 0.1) is 5.92 Å². The first-order valence-electron chi connectivity index (χ1n) is 7.82. The zero-order valence-corrected chi connectivity index (χ0v) is 14.4. The highest BCUT2D eigenvalue weighted by Gasteiger charge is 2.19. The van der Waals surface area contributed by atoms with E-state index in [-0.39, 0.29) is 11.9 Å². The van der Waals surface area contributed by atoms with Gasteiger partial charge in [-0.1, -0.05) is 0 Å². The molecule has 1 aliphatic heterocycles. The SMILES string of the molecule is C[C@@H](O)CN1CCC(CNCCCS(=O)(=O)N(C)C)CC1. The first-order chi connectivity index (χ1) is 9.81. The van der Waals surface area contributed by atoms with Gasteiger partial charge in [-0.15, -0.1) is 0 Å². The summed E-state index contributed by atoms with van der Waals surface area (Å²) in [5, 5.41) is 12.7. The Kier molecular flexibility index (Phi) is 8.12. The summed E-state index contributed by atoms with van der Waals surface area (Å²) in [5.74, 6) is 0.875. The van der Waals surface area contributed by atoms with Crippen molar-refractivity contribution < 1.29 is 13.5 Å². The summed E-state index contributed by atoms with van der Waals surface area (Å²) in [6.07, 6.45) is 2.70. The molecular weight excluding hydrogens is 290 g/mol. The lowest BCUT2D eigenvalue weighted by Crippen LogP contribution is -2.40. The molecule has 1 saturated heterocycles. The normalized spacial score (nSPS) is 20.0. The Morgan fingerprint density at radius 3 is 2.48 bits per heavy atom. The summed E-state index contributed by atoms with van der Waals surface area (Å²) in [6, 6.07) is 0. The third-order valence-corrected chi connectivity index (χ3v) is 5.89. The van der Waals surface area contributed by atoms with Crippen molar-refractivity contribution in [3.8, 4) is 0 Å². The van der Waals surface area contributed by atoms with Crippen LogP contribution in [0.15, 0.2) is 0 Å². The van der Waals surface area contributed by atoms with Crippen molar-refractivity contribution in [3.63, 3.8) is 0 Å². The Morgan fingerprint density at radius 2 is 1.95 bits per heavy atom. The largest absolute Gasteiger partial charge is 0.392 e. The molecule has 0 amide bonds. The average molecular weight is 321 g/mol. The van der Waals surface area contributed by atoms with E-state index in [4.69, 9.17) is 0 Å². The molecule has 0 aromatic heterocycles. The van der Waals surface area contributed by atoms with Gasteiger partial charge in [0.25, 0.3) is 0 Å². The second-order valence-corrected chi connectivity index (χ2v) is 8.55. The van der Waals surface area contributed by atoms with E-state index in [9.17, 15) is 13.5 Å². The maximum absolute atomic E-state index is 11.6. The van der Waals surface area contributed by atoms with Gasteiger partial charge in [0.1, 0.15) is 0 Å². The lowest BCUT2D eigenvalue weighted by atomic mass is 9.96. The predicted octanol–water partition coefficient (Wildman–Crippen LogP) is -0.0497. The molecule has 1 atom stereocenters. The summed E-state index contributed by atoms with van der Waals surface area (Å²) in [7, 11) is 0.0870. The van der Waals surface area contributed by atoms with Crippen LogP contribution in [0.1, 0.15) is 26.2 Å². The van der Waals surface area contributed by atoms with Crippen molar-refractivity contribution >= 4 is 10.0 Å². The molecule has 0 aliphatic carbocycles. The first-order valence-corrected chi connectivity index (χ1v) is 9.43. The minimum atomic E-state index is -3.06. The highest BCUT2D eigenvalue weighted by atomic mass is 32.2. The molecule has 0 unspecified atom stereocenters. The fraction of sp³-hybridized carbons (Fsp3) is 1.00. The zero-order valence-electron chi connectivity index (χ0n) is 13.6. The lowest BCUT2D eigenvalue weighted by molar-refractivity contribution is 0.0999. The van der Waals surface area contributed by atoms with Gasteiger partial charge in [0.15, 0.2) is 0 Å². The quantitative estimate of drug-likeness (QED) is 0.583. The van der Waals surface area contributed by atoms with Gasteiger partial charge in [0.05, 0.1) is 11.9 Å². The van der Waals surface area contributed by atoms with Gasteiger partial charge in [-0.2, -0.15) is 0 Å². The van der Waals surface area contributed by atoms with Gasteiger partial charge < -0.3 is 15.3 Å². The second-order valence-electron chi connectivity index (χ2n) is 6.25. The first kappa shape index (κ1) is 18.8. The molecule has 21 heavy (non-hydrogen) atoms. The van der Waals surface area contributed by atoms with Crippen LogP contribution in [0.2, 0.25) is 0 Å². The van der Waals surface area contributed by atoms with E-state index in [1.165, 1.54) is 4.31 Å². The molecular formula is C14H31N3O3S. The van der Waals surface area contributed by atoms with Crippen molar-refractivity contribution in [2.75, 3.05) is 52.6 Å². The number of nitrogens with zero attached hydrogens (tertiary/aromatic N) is 2. The lowest BCUT2D eigenvalue weighted by Gasteiger charge is -2.32. The number of likely N-dealkylation sites (tertiary alicyclic amines) is 1. The molecule has 0 aromatic carbocycles.